The molecular weight excluding hydrogens is 272 g/mol. The molecule has 3 atom stereocenters. The molecule has 1 aromatic heterocycles. The number of hydrogen-bond acceptors (Lipinski definition) is 6. The third-order valence-corrected chi connectivity index (χ3v) is 4.38. The summed E-state index contributed by atoms with van der Waals surface area (Å²) in [5.74, 6) is -0.418. The molecule has 1 saturated heterocycles. The topological polar surface area (TPSA) is 101 Å². The monoisotopic (exact) mass is 286 g/mol. The van der Waals surface area contributed by atoms with Crippen LogP contribution in [0.5, 0.6) is 0 Å². The number of aliphatic hydroxyl groups is 1. The van der Waals surface area contributed by atoms with Crippen LogP contribution in [0.25, 0.3) is 0 Å². The molecule has 0 unspecified atom stereocenters. The SMILES string of the molecule is CC(=O)O[C@H]1C[C@@H](n2ccc(=O)[nH]c2=O)S[C@H]1CO. The van der Waals surface area contributed by atoms with Crippen LogP contribution in [0.1, 0.15) is 18.7 Å². The molecule has 1 aliphatic heterocycles. The standard InChI is InChI=1S/C11H14N2O5S/c1-6(15)18-7-4-10(19-8(7)5-14)13-3-2-9(16)12-11(13)17/h2-3,7-8,10,14H,4-5H2,1H3,(H,12,16,17)/t7-,8-,10-/m0/s1. The summed E-state index contributed by atoms with van der Waals surface area (Å²) in [6.45, 7) is 1.16. The van der Waals surface area contributed by atoms with Crippen LogP contribution < -0.4 is 11.2 Å². The van der Waals surface area contributed by atoms with Gasteiger partial charge in [0.05, 0.1) is 17.2 Å². The van der Waals surface area contributed by atoms with Crippen LogP contribution in [0, 0.1) is 0 Å². The Morgan fingerprint density at radius 2 is 2.37 bits per heavy atom. The molecule has 2 rings (SSSR count). The number of carbonyl (C=O) groups excluding carboxylic acids is 1. The molecule has 2 N–H and O–H groups in total. The Balaban J connectivity index is 2.21. The normalized spacial score (nSPS) is 26.3. The van der Waals surface area contributed by atoms with Gasteiger partial charge in [0, 0.05) is 25.6 Å². The van der Waals surface area contributed by atoms with Gasteiger partial charge in [0.15, 0.2) is 0 Å². The molecule has 2 heterocycles. The van der Waals surface area contributed by atoms with Crippen molar-refractivity contribution >= 4 is 17.7 Å². The lowest BCUT2D eigenvalue weighted by Gasteiger charge is -2.15. The van der Waals surface area contributed by atoms with Crippen LogP contribution in [-0.2, 0) is 9.53 Å². The lowest BCUT2D eigenvalue weighted by atomic mass is 10.2. The zero-order chi connectivity index (χ0) is 14.0. The first-order valence-electron chi connectivity index (χ1n) is 5.76. The van der Waals surface area contributed by atoms with E-state index in [2.05, 4.69) is 4.98 Å². The molecule has 8 heteroatoms. The molecule has 0 aliphatic carbocycles. The van der Waals surface area contributed by atoms with Crippen molar-refractivity contribution in [1.82, 2.24) is 9.55 Å². The lowest BCUT2D eigenvalue weighted by molar-refractivity contribution is -0.146. The average Bonchev–Trinajstić information content (AvgIpc) is 2.71. The number of nitrogens with zero attached hydrogens (tertiary/aromatic N) is 1. The molecular formula is C11H14N2O5S. The number of aromatic amines is 1. The summed E-state index contributed by atoms with van der Waals surface area (Å²) >= 11 is 1.35. The van der Waals surface area contributed by atoms with E-state index >= 15 is 0 Å². The third-order valence-electron chi connectivity index (χ3n) is 2.84. The summed E-state index contributed by atoms with van der Waals surface area (Å²) in [5, 5.41) is 8.73. The van der Waals surface area contributed by atoms with Gasteiger partial charge in [-0.05, 0) is 0 Å². The maximum atomic E-state index is 11.7. The van der Waals surface area contributed by atoms with Gasteiger partial charge >= 0.3 is 11.7 Å². The van der Waals surface area contributed by atoms with Crippen molar-refractivity contribution in [3.8, 4) is 0 Å². The molecule has 1 aliphatic rings. The first kappa shape index (κ1) is 13.9. The fourth-order valence-corrected chi connectivity index (χ4v) is 3.46. The van der Waals surface area contributed by atoms with Crippen LogP contribution >= 0.6 is 11.8 Å². The van der Waals surface area contributed by atoms with Gasteiger partial charge in [-0.2, -0.15) is 0 Å². The first-order chi connectivity index (χ1) is 9.01. The minimum absolute atomic E-state index is 0.142. The zero-order valence-corrected chi connectivity index (χ0v) is 11.1. The zero-order valence-electron chi connectivity index (χ0n) is 10.2. The van der Waals surface area contributed by atoms with Gasteiger partial charge in [0.25, 0.3) is 5.56 Å². The van der Waals surface area contributed by atoms with Crippen molar-refractivity contribution in [3.05, 3.63) is 33.1 Å². The Morgan fingerprint density at radius 1 is 1.63 bits per heavy atom. The van der Waals surface area contributed by atoms with E-state index < -0.39 is 23.3 Å². The second-order valence-electron chi connectivity index (χ2n) is 4.21. The van der Waals surface area contributed by atoms with E-state index in [4.69, 9.17) is 4.74 Å². The summed E-state index contributed by atoms with van der Waals surface area (Å²) in [5.41, 5.74) is -0.968. The Hall–Kier alpha value is -1.54. The molecule has 0 bridgehead atoms. The first-order valence-corrected chi connectivity index (χ1v) is 6.70. The van der Waals surface area contributed by atoms with Crippen molar-refractivity contribution < 1.29 is 14.6 Å². The number of rotatable bonds is 3. The Kier molecular flexibility index (Phi) is 4.11. The van der Waals surface area contributed by atoms with Gasteiger partial charge in [-0.1, -0.05) is 0 Å². The van der Waals surface area contributed by atoms with E-state index in [0.29, 0.717) is 6.42 Å². The average molecular weight is 286 g/mol. The number of nitrogens with one attached hydrogen (secondary N) is 1. The van der Waals surface area contributed by atoms with E-state index in [1.54, 1.807) is 0 Å². The highest BCUT2D eigenvalue weighted by Gasteiger charge is 2.38. The minimum Gasteiger partial charge on any atom is -0.461 e. The number of aromatic nitrogens is 2. The van der Waals surface area contributed by atoms with E-state index in [9.17, 15) is 19.5 Å². The van der Waals surface area contributed by atoms with Crippen LogP contribution in [0.2, 0.25) is 0 Å². The van der Waals surface area contributed by atoms with Gasteiger partial charge in [0.2, 0.25) is 0 Å². The van der Waals surface area contributed by atoms with Crippen LogP contribution in [0.4, 0.5) is 0 Å². The van der Waals surface area contributed by atoms with E-state index in [0.717, 1.165) is 0 Å². The van der Waals surface area contributed by atoms with E-state index in [1.807, 2.05) is 0 Å². The molecule has 0 spiro atoms. The van der Waals surface area contributed by atoms with Gasteiger partial charge < -0.3 is 9.84 Å². The molecule has 104 valence electrons. The largest absolute Gasteiger partial charge is 0.461 e. The maximum Gasteiger partial charge on any atom is 0.329 e. The molecule has 0 saturated carbocycles. The van der Waals surface area contributed by atoms with Crippen LogP contribution in [-0.4, -0.2) is 38.6 Å². The summed E-state index contributed by atoms with van der Waals surface area (Å²) in [4.78, 5) is 35.8. The second-order valence-corrected chi connectivity index (χ2v) is 5.63. The van der Waals surface area contributed by atoms with Gasteiger partial charge in [0.1, 0.15) is 6.10 Å². The number of hydrogen-bond donors (Lipinski definition) is 2. The van der Waals surface area contributed by atoms with Crippen LogP contribution in [0.3, 0.4) is 0 Å². The Bertz CT molecular complexity index is 581. The van der Waals surface area contributed by atoms with E-state index in [-0.39, 0.29) is 17.2 Å². The highest BCUT2D eigenvalue weighted by atomic mass is 32.2. The number of ether oxygens (including phenoxy) is 1. The fraction of sp³-hybridized carbons (Fsp3) is 0.545. The summed E-state index contributed by atoms with van der Waals surface area (Å²) < 4.78 is 6.50. The Morgan fingerprint density at radius 3 is 2.95 bits per heavy atom. The molecule has 1 aromatic rings. The molecule has 7 nitrogen and oxygen atoms in total. The molecule has 0 aromatic carbocycles. The quantitative estimate of drug-likeness (QED) is 0.724. The van der Waals surface area contributed by atoms with Gasteiger partial charge in [-0.3, -0.25) is 19.1 Å². The van der Waals surface area contributed by atoms with Gasteiger partial charge in [-0.15, -0.1) is 11.8 Å². The smallest absolute Gasteiger partial charge is 0.329 e. The van der Waals surface area contributed by atoms with Crippen molar-refractivity contribution in [2.45, 2.75) is 30.1 Å². The van der Waals surface area contributed by atoms with Crippen molar-refractivity contribution in [2.24, 2.45) is 0 Å². The lowest BCUT2D eigenvalue weighted by Crippen LogP contribution is -2.30. The number of H-pyrrole nitrogens is 1. The minimum atomic E-state index is -0.509. The second kappa shape index (κ2) is 5.62. The predicted molar refractivity (Wildman–Crippen MR) is 69.0 cm³/mol. The predicted octanol–water partition coefficient (Wildman–Crippen LogP) is -0.535. The van der Waals surface area contributed by atoms with Gasteiger partial charge in [-0.25, -0.2) is 4.79 Å². The molecule has 0 radical (unpaired) electrons. The number of thioether (sulfide) groups is 1. The van der Waals surface area contributed by atoms with Crippen molar-refractivity contribution in [3.63, 3.8) is 0 Å². The van der Waals surface area contributed by atoms with E-state index in [1.165, 1.54) is 35.5 Å². The van der Waals surface area contributed by atoms with Crippen molar-refractivity contribution in [1.29, 1.82) is 0 Å². The van der Waals surface area contributed by atoms with Crippen LogP contribution in [0.15, 0.2) is 21.9 Å². The summed E-state index contributed by atoms with van der Waals surface area (Å²) in [7, 11) is 0. The molecule has 19 heavy (non-hydrogen) atoms. The Labute approximate surface area is 112 Å². The summed E-state index contributed by atoms with van der Waals surface area (Å²) in [6, 6.07) is 1.26. The molecule has 0 amide bonds. The molecule has 1 fully saturated rings. The number of aliphatic hydroxyl groups excluding tert-OH is 1. The van der Waals surface area contributed by atoms with Crippen molar-refractivity contribution in [2.75, 3.05) is 6.61 Å². The summed E-state index contributed by atoms with van der Waals surface area (Å²) in [6.07, 6.45) is 1.39. The highest BCUT2D eigenvalue weighted by molar-refractivity contribution is 8.00. The third kappa shape index (κ3) is 3.07. The fourth-order valence-electron chi connectivity index (χ4n) is 2.03. The highest BCUT2D eigenvalue weighted by Crippen LogP contribution is 2.41. The number of carbonyl (C=O) groups is 1. The number of esters is 1. The maximum absolute atomic E-state index is 11.7.